The van der Waals surface area contributed by atoms with E-state index in [1.807, 2.05) is 12.1 Å². The average Bonchev–Trinajstić information content (AvgIpc) is 2.21. The van der Waals surface area contributed by atoms with Crippen molar-refractivity contribution < 1.29 is 8.42 Å². The van der Waals surface area contributed by atoms with Crippen molar-refractivity contribution in [1.29, 1.82) is 0 Å². The van der Waals surface area contributed by atoms with E-state index in [0.29, 0.717) is 12.2 Å². The minimum Gasteiger partial charge on any atom is -0.399 e. The van der Waals surface area contributed by atoms with E-state index in [1.54, 1.807) is 13.0 Å². The van der Waals surface area contributed by atoms with E-state index in [4.69, 9.17) is 5.73 Å². The zero-order valence-corrected chi connectivity index (χ0v) is 12.0. The normalized spacial score (nSPS) is 11.4. The molecule has 0 unspecified atom stereocenters. The lowest BCUT2D eigenvalue weighted by atomic mass is 10.3. The fraction of sp³-hybridized carbons (Fsp3) is 0.400. The molecule has 0 radical (unpaired) electrons. The third kappa shape index (κ3) is 4.17. The molecule has 1 aromatic rings. The molecule has 4 nitrogen and oxygen atoms in total. The monoisotopic (exact) mass is 354 g/mol. The van der Waals surface area contributed by atoms with Crippen molar-refractivity contribution in [1.82, 2.24) is 0 Å². The van der Waals surface area contributed by atoms with Gasteiger partial charge in [0, 0.05) is 27.2 Å². The van der Waals surface area contributed by atoms with Gasteiger partial charge in [-0.15, -0.1) is 0 Å². The Hall–Kier alpha value is -0.500. The van der Waals surface area contributed by atoms with Gasteiger partial charge in [-0.3, -0.25) is 0 Å². The van der Waals surface area contributed by atoms with E-state index in [2.05, 4.69) is 27.9 Å². The Morgan fingerprint density at radius 1 is 1.44 bits per heavy atom. The molecule has 0 atom stereocenters. The highest BCUT2D eigenvalue weighted by molar-refractivity contribution is 14.1. The minimum atomic E-state index is -2.90. The molecule has 16 heavy (non-hydrogen) atoms. The summed E-state index contributed by atoms with van der Waals surface area (Å²) < 4.78 is 23.5. The highest BCUT2D eigenvalue weighted by Crippen LogP contribution is 2.20. The predicted molar refractivity (Wildman–Crippen MR) is 76.4 cm³/mol. The van der Waals surface area contributed by atoms with Crippen LogP contribution in [0.4, 0.5) is 11.4 Å². The Kier molecular flexibility index (Phi) is 4.85. The number of nitrogen functional groups attached to an aromatic ring is 1. The van der Waals surface area contributed by atoms with Crippen molar-refractivity contribution >= 4 is 43.8 Å². The summed E-state index contributed by atoms with van der Waals surface area (Å²) in [5, 5.41) is 3.09. The second-order valence-electron chi connectivity index (χ2n) is 3.40. The number of rotatable bonds is 5. The predicted octanol–water partition coefficient (Wildman–Crippen LogP) is 1.72. The summed E-state index contributed by atoms with van der Waals surface area (Å²) in [5.41, 5.74) is 7.24. The number of hydrogen-bond acceptors (Lipinski definition) is 4. The van der Waals surface area contributed by atoms with Crippen LogP contribution in [0.2, 0.25) is 0 Å². The smallest absolute Gasteiger partial charge is 0.151 e. The fourth-order valence-electron chi connectivity index (χ4n) is 1.16. The van der Waals surface area contributed by atoms with Crippen molar-refractivity contribution in [2.45, 2.75) is 6.92 Å². The maximum absolute atomic E-state index is 11.3. The number of halogens is 1. The first-order valence-electron chi connectivity index (χ1n) is 4.94. The van der Waals surface area contributed by atoms with Crippen LogP contribution < -0.4 is 11.1 Å². The summed E-state index contributed by atoms with van der Waals surface area (Å²) in [6.45, 7) is 2.08. The van der Waals surface area contributed by atoms with Crippen molar-refractivity contribution in [3.05, 3.63) is 21.8 Å². The summed E-state index contributed by atoms with van der Waals surface area (Å²) in [6, 6.07) is 5.49. The van der Waals surface area contributed by atoms with Gasteiger partial charge in [0.1, 0.15) is 0 Å². The van der Waals surface area contributed by atoms with Gasteiger partial charge in [0.05, 0.1) is 5.75 Å². The van der Waals surface area contributed by atoms with E-state index in [-0.39, 0.29) is 11.5 Å². The van der Waals surface area contributed by atoms with Gasteiger partial charge >= 0.3 is 0 Å². The summed E-state index contributed by atoms with van der Waals surface area (Å²) in [5.74, 6) is 0.345. The van der Waals surface area contributed by atoms with E-state index in [1.165, 1.54) is 0 Å². The van der Waals surface area contributed by atoms with Gasteiger partial charge in [0.15, 0.2) is 9.84 Å². The molecule has 0 aliphatic carbocycles. The van der Waals surface area contributed by atoms with Gasteiger partial charge in [-0.2, -0.15) is 0 Å². The van der Waals surface area contributed by atoms with Crippen LogP contribution in [-0.2, 0) is 9.84 Å². The molecule has 0 saturated carbocycles. The number of sulfone groups is 1. The molecule has 0 spiro atoms. The summed E-state index contributed by atoms with van der Waals surface area (Å²) in [7, 11) is -2.90. The van der Waals surface area contributed by atoms with Crippen LogP contribution >= 0.6 is 22.6 Å². The van der Waals surface area contributed by atoms with Gasteiger partial charge in [-0.1, -0.05) is 6.92 Å². The van der Waals surface area contributed by atoms with Crippen LogP contribution in [0.3, 0.4) is 0 Å². The lowest BCUT2D eigenvalue weighted by molar-refractivity contribution is 0.597. The standard InChI is InChI=1S/C10H15IN2O2S/c1-2-16(14,15)6-5-13-10-4-3-8(12)7-9(10)11/h3-4,7,13H,2,5-6,12H2,1H3. The average molecular weight is 354 g/mol. The summed E-state index contributed by atoms with van der Waals surface area (Å²) >= 11 is 2.16. The molecular weight excluding hydrogens is 339 g/mol. The van der Waals surface area contributed by atoms with Gasteiger partial charge in [-0.25, -0.2) is 8.42 Å². The molecule has 0 aliphatic rings. The van der Waals surface area contributed by atoms with Crippen LogP contribution in [0.5, 0.6) is 0 Å². The Labute approximate surface area is 110 Å². The molecule has 0 saturated heterocycles. The topological polar surface area (TPSA) is 72.2 Å². The number of nitrogens with one attached hydrogen (secondary N) is 1. The first-order valence-corrected chi connectivity index (χ1v) is 7.84. The van der Waals surface area contributed by atoms with Gasteiger partial charge in [-0.05, 0) is 40.8 Å². The molecule has 0 amide bonds. The number of anilines is 2. The van der Waals surface area contributed by atoms with Crippen LogP contribution in [0, 0.1) is 3.57 Å². The second kappa shape index (κ2) is 5.72. The van der Waals surface area contributed by atoms with Crippen molar-refractivity contribution in [3.8, 4) is 0 Å². The molecule has 1 rings (SSSR count). The maximum atomic E-state index is 11.3. The van der Waals surface area contributed by atoms with Crippen LogP contribution in [0.25, 0.3) is 0 Å². The molecule has 0 aliphatic heterocycles. The van der Waals surface area contributed by atoms with Crippen molar-refractivity contribution in [2.24, 2.45) is 0 Å². The molecule has 3 N–H and O–H groups in total. The lowest BCUT2D eigenvalue weighted by Gasteiger charge is -2.08. The molecule has 0 bridgehead atoms. The fourth-order valence-corrected chi connectivity index (χ4v) is 2.59. The first-order chi connectivity index (χ1) is 7.44. The number of benzene rings is 1. The van der Waals surface area contributed by atoms with E-state index in [9.17, 15) is 8.42 Å². The SMILES string of the molecule is CCS(=O)(=O)CCNc1ccc(N)cc1I. The quantitative estimate of drug-likeness (QED) is 0.624. The van der Waals surface area contributed by atoms with Crippen molar-refractivity contribution in [3.63, 3.8) is 0 Å². The lowest BCUT2D eigenvalue weighted by Crippen LogP contribution is -2.17. The minimum absolute atomic E-state index is 0.157. The molecule has 0 fully saturated rings. The van der Waals surface area contributed by atoms with E-state index in [0.717, 1.165) is 9.26 Å². The zero-order chi connectivity index (χ0) is 12.2. The molecule has 0 aromatic heterocycles. The van der Waals surface area contributed by atoms with E-state index < -0.39 is 9.84 Å². The Balaban J connectivity index is 2.56. The zero-order valence-electron chi connectivity index (χ0n) is 9.03. The van der Waals surface area contributed by atoms with Gasteiger partial charge < -0.3 is 11.1 Å². The molecule has 90 valence electrons. The molecular formula is C10H15IN2O2S. The molecule has 0 heterocycles. The Morgan fingerprint density at radius 3 is 2.69 bits per heavy atom. The highest BCUT2D eigenvalue weighted by Gasteiger charge is 2.07. The third-order valence-electron chi connectivity index (χ3n) is 2.16. The van der Waals surface area contributed by atoms with Crippen LogP contribution in [0.1, 0.15) is 6.92 Å². The summed E-state index contributed by atoms with van der Waals surface area (Å²) in [6.07, 6.45) is 0. The second-order valence-corrected chi connectivity index (χ2v) is 7.04. The number of nitrogens with two attached hydrogens (primary N) is 1. The Morgan fingerprint density at radius 2 is 2.12 bits per heavy atom. The highest BCUT2D eigenvalue weighted by atomic mass is 127. The molecule has 1 aromatic carbocycles. The number of hydrogen-bond donors (Lipinski definition) is 2. The van der Waals surface area contributed by atoms with Crippen LogP contribution in [-0.4, -0.2) is 26.5 Å². The largest absolute Gasteiger partial charge is 0.399 e. The van der Waals surface area contributed by atoms with Crippen molar-refractivity contribution in [2.75, 3.05) is 29.1 Å². The third-order valence-corrected chi connectivity index (χ3v) is 4.76. The maximum Gasteiger partial charge on any atom is 0.151 e. The van der Waals surface area contributed by atoms with Crippen LogP contribution in [0.15, 0.2) is 18.2 Å². The van der Waals surface area contributed by atoms with Gasteiger partial charge in [0.2, 0.25) is 0 Å². The Bertz CT molecular complexity index is 460. The first kappa shape index (κ1) is 13.6. The van der Waals surface area contributed by atoms with Gasteiger partial charge in [0.25, 0.3) is 0 Å². The van der Waals surface area contributed by atoms with E-state index >= 15 is 0 Å². The summed E-state index contributed by atoms with van der Waals surface area (Å²) in [4.78, 5) is 0. The molecule has 6 heteroatoms.